The van der Waals surface area contributed by atoms with E-state index in [-0.39, 0.29) is 15.5 Å². The monoisotopic (exact) mass is 385 g/mol. The molecule has 0 saturated carbocycles. The van der Waals surface area contributed by atoms with Crippen LogP contribution in [-0.4, -0.2) is 8.42 Å². The zero-order valence-electron chi connectivity index (χ0n) is 10.5. The number of nitrogens with one attached hydrogen (secondary N) is 1. The summed E-state index contributed by atoms with van der Waals surface area (Å²) in [5, 5.41) is 8.87. The fourth-order valence-corrected chi connectivity index (χ4v) is 3.30. The summed E-state index contributed by atoms with van der Waals surface area (Å²) >= 11 is 9.07. The molecule has 2 aromatic rings. The fraction of sp³-hybridized carbons (Fsp3) is 0. The molecule has 0 amide bonds. The second-order valence-corrected chi connectivity index (χ2v) is 7.04. The molecular formula is C13H9BrClN3O2S. The lowest BCUT2D eigenvalue weighted by atomic mass is 10.2. The van der Waals surface area contributed by atoms with Gasteiger partial charge in [0.1, 0.15) is 6.07 Å². The van der Waals surface area contributed by atoms with Crippen molar-refractivity contribution in [3.63, 3.8) is 0 Å². The van der Waals surface area contributed by atoms with E-state index < -0.39 is 10.0 Å². The Labute approximate surface area is 135 Å². The minimum absolute atomic E-state index is 0.0283. The highest BCUT2D eigenvalue weighted by Gasteiger charge is 2.16. The largest absolute Gasteiger partial charge is 0.398 e. The molecule has 0 aromatic heterocycles. The second-order valence-electron chi connectivity index (χ2n) is 4.10. The van der Waals surface area contributed by atoms with E-state index >= 15 is 0 Å². The third-order valence-electron chi connectivity index (χ3n) is 2.62. The standard InChI is InChI=1S/C13H9BrClN3O2S/c14-11-5-9(2-4-13(11)17)18-21(19,20)10-3-1-8(7-16)12(15)6-10/h1-6,18H,17H2. The van der Waals surface area contributed by atoms with Gasteiger partial charge in [-0.15, -0.1) is 0 Å². The van der Waals surface area contributed by atoms with Crippen molar-refractivity contribution >= 4 is 48.9 Å². The van der Waals surface area contributed by atoms with Gasteiger partial charge in [0.05, 0.1) is 21.2 Å². The summed E-state index contributed by atoms with van der Waals surface area (Å²) in [4.78, 5) is -0.0283. The Bertz CT molecular complexity index is 847. The first-order valence-electron chi connectivity index (χ1n) is 5.61. The molecule has 8 heteroatoms. The third-order valence-corrected chi connectivity index (χ3v) is 5.00. The number of nitrogens with two attached hydrogens (primary N) is 1. The van der Waals surface area contributed by atoms with E-state index in [9.17, 15) is 8.42 Å². The van der Waals surface area contributed by atoms with Gasteiger partial charge in [0.25, 0.3) is 10.0 Å². The Hall–Kier alpha value is -1.75. The predicted octanol–water partition coefficient (Wildman–Crippen LogP) is 3.36. The summed E-state index contributed by atoms with van der Waals surface area (Å²) in [7, 11) is -3.80. The van der Waals surface area contributed by atoms with E-state index in [1.165, 1.54) is 18.2 Å². The van der Waals surface area contributed by atoms with Crippen molar-refractivity contribution in [3.8, 4) is 6.07 Å². The summed E-state index contributed by atoms with van der Waals surface area (Å²) in [5.41, 5.74) is 6.71. The van der Waals surface area contributed by atoms with E-state index in [4.69, 9.17) is 22.6 Å². The van der Waals surface area contributed by atoms with Crippen LogP contribution in [-0.2, 0) is 10.0 Å². The molecule has 2 rings (SSSR count). The summed E-state index contributed by atoms with van der Waals surface area (Å²) < 4.78 is 27.5. The average Bonchev–Trinajstić information content (AvgIpc) is 2.42. The quantitative estimate of drug-likeness (QED) is 0.791. The van der Waals surface area contributed by atoms with E-state index in [0.29, 0.717) is 15.8 Å². The molecule has 0 heterocycles. The van der Waals surface area contributed by atoms with E-state index in [2.05, 4.69) is 20.7 Å². The van der Waals surface area contributed by atoms with E-state index in [0.717, 1.165) is 0 Å². The number of nitriles is 1. The molecule has 0 bridgehead atoms. The molecule has 21 heavy (non-hydrogen) atoms. The van der Waals surface area contributed by atoms with Crippen molar-refractivity contribution in [1.82, 2.24) is 0 Å². The van der Waals surface area contributed by atoms with Crippen LogP contribution in [0.3, 0.4) is 0 Å². The van der Waals surface area contributed by atoms with Gasteiger partial charge in [-0.25, -0.2) is 8.42 Å². The molecule has 108 valence electrons. The van der Waals surface area contributed by atoms with Gasteiger partial charge < -0.3 is 5.73 Å². The first-order valence-corrected chi connectivity index (χ1v) is 8.26. The van der Waals surface area contributed by atoms with Crippen LogP contribution in [0.25, 0.3) is 0 Å². The van der Waals surface area contributed by atoms with Gasteiger partial charge in [0.15, 0.2) is 0 Å². The molecule has 0 aliphatic rings. The Kier molecular flexibility index (Phi) is 4.42. The minimum Gasteiger partial charge on any atom is -0.398 e. The van der Waals surface area contributed by atoms with Crippen molar-refractivity contribution in [2.45, 2.75) is 4.90 Å². The van der Waals surface area contributed by atoms with Gasteiger partial charge in [-0.05, 0) is 52.3 Å². The average molecular weight is 387 g/mol. The second kappa shape index (κ2) is 5.93. The molecule has 0 aliphatic carbocycles. The molecule has 0 atom stereocenters. The summed E-state index contributed by atoms with van der Waals surface area (Å²) in [6.45, 7) is 0. The maximum absolute atomic E-state index is 12.3. The van der Waals surface area contributed by atoms with Crippen LogP contribution in [0.5, 0.6) is 0 Å². The van der Waals surface area contributed by atoms with Crippen LogP contribution in [0, 0.1) is 11.3 Å². The number of benzene rings is 2. The molecule has 0 unspecified atom stereocenters. The number of anilines is 2. The molecule has 2 aromatic carbocycles. The SMILES string of the molecule is N#Cc1ccc(S(=O)(=O)Nc2ccc(N)c(Br)c2)cc1Cl. The number of hydrogen-bond donors (Lipinski definition) is 2. The van der Waals surface area contributed by atoms with Crippen molar-refractivity contribution in [2.24, 2.45) is 0 Å². The van der Waals surface area contributed by atoms with Crippen LogP contribution >= 0.6 is 27.5 Å². The van der Waals surface area contributed by atoms with Crippen LogP contribution < -0.4 is 10.5 Å². The lowest BCUT2D eigenvalue weighted by Gasteiger charge is -2.10. The smallest absolute Gasteiger partial charge is 0.261 e. The Balaban J connectivity index is 2.36. The maximum Gasteiger partial charge on any atom is 0.261 e. The van der Waals surface area contributed by atoms with E-state index in [1.54, 1.807) is 18.2 Å². The highest BCUT2D eigenvalue weighted by molar-refractivity contribution is 9.10. The normalized spacial score (nSPS) is 10.9. The van der Waals surface area contributed by atoms with Gasteiger partial charge in [-0.2, -0.15) is 5.26 Å². The topological polar surface area (TPSA) is 96.0 Å². The molecule has 5 nitrogen and oxygen atoms in total. The highest BCUT2D eigenvalue weighted by Crippen LogP contribution is 2.26. The molecule has 0 radical (unpaired) electrons. The summed E-state index contributed by atoms with van der Waals surface area (Å²) in [5.74, 6) is 0. The van der Waals surface area contributed by atoms with Crippen LogP contribution in [0.15, 0.2) is 45.8 Å². The van der Waals surface area contributed by atoms with Gasteiger partial charge in [0, 0.05) is 10.2 Å². The predicted molar refractivity (Wildman–Crippen MR) is 85.5 cm³/mol. The third kappa shape index (κ3) is 3.47. The van der Waals surface area contributed by atoms with Crippen LogP contribution in [0.1, 0.15) is 5.56 Å². The van der Waals surface area contributed by atoms with Gasteiger partial charge in [0.2, 0.25) is 0 Å². The number of nitrogen functional groups attached to an aromatic ring is 1. The van der Waals surface area contributed by atoms with Crippen LogP contribution in [0.2, 0.25) is 5.02 Å². The first-order chi connectivity index (χ1) is 9.83. The Morgan fingerprint density at radius 2 is 1.95 bits per heavy atom. The first kappa shape index (κ1) is 15.6. The number of rotatable bonds is 3. The van der Waals surface area contributed by atoms with E-state index in [1.807, 2.05) is 6.07 Å². The fourth-order valence-electron chi connectivity index (χ4n) is 1.56. The lowest BCUT2D eigenvalue weighted by Crippen LogP contribution is -2.13. The van der Waals surface area contributed by atoms with Gasteiger partial charge in [-0.3, -0.25) is 4.72 Å². The molecule has 0 spiro atoms. The molecule has 0 fully saturated rings. The number of halogens is 2. The number of nitrogens with zero attached hydrogens (tertiary/aromatic N) is 1. The summed E-state index contributed by atoms with van der Waals surface area (Å²) in [6.07, 6.45) is 0. The Morgan fingerprint density at radius 3 is 2.52 bits per heavy atom. The number of hydrogen-bond acceptors (Lipinski definition) is 4. The van der Waals surface area contributed by atoms with Crippen molar-refractivity contribution in [3.05, 3.63) is 51.5 Å². The molecule has 3 N–H and O–H groups in total. The molecule has 0 saturated heterocycles. The maximum atomic E-state index is 12.3. The van der Waals surface area contributed by atoms with Crippen molar-refractivity contribution in [2.75, 3.05) is 10.5 Å². The zero-order chi connectivity index (χ0) is 15.6. The highest BCUT2D eigenvalue weighted by atomic mass is 79.9. The van der Waals surface area contributed by atoms with Crippen molar-refractivity contribution in [1.29, 1.82) is 5.26 Å². The summed E-state index contributed by atoms with van der Waals surface area (Å²) in [6, 6.07) is 10.5. The molecular weight excluding hydrogens is 378 g/mol. The van der Waals surface area contributed by atoms with Crippen LogP contribution in [0.4, 0.5) is 11.4 Å². The number of sulfonamides is 1. The minimum atomic E-state index is -3.80. The van der Waals surface area contributed by atoms with Gasteiger partial charge >= 0.3 is 0 Å². The molecule has 0 aliphatic heterocycles. The Morgan fingerprint density at radius 1 is 1.24 bits per heavy atom. The lowest BCUT2D eigenvalue weighted by molar-refractivity contribution is 0.601. The van der Waals surface area contributed by atoms with Crippen molar-refractivity contribution < 1.29 is 8.42 Å². The van der Waals surface area contributed by atoms with Gasteiger partial charge in [-0.1, -0.05) is 11.6 Å². The zero-order valence-corrected chi connectivity index (χ0v) is 13.6.